The maximum atomic E-state index is 13.8. The van der Waals surface area contributed by atoms with E-state index in [2.05, 4.69) is 29.8 Å². The predicted octanol–water partition coefficient (Wildman–Crippen LogP) is -1.04. The molecule has 0 aliphatic carbocycles. The molecule has 0 aromatic carbocycles. The fourth-order valence-corrected chi connectivity index (χ4v) is 14.3. The van der Waals surface area contributed by atoms with E-state index in [0.717, 1.165) is 71.6 Å². The number of ether oxygens (including phenoxy) is 10. The number of unbranched alkanes of at least 4 members (excludes halogenated alkanes) is 25. The number of hydrogen-bond donors (Lipinski definition) is 20. The quantitative estimate of drug-likeness (QED) is 0.0255. The lowest BCUT2D eigenvalue weighted by molar-refractivity contribution is -0.403. The molecule has 34 nitrogen and oxygen atoms in total. The second-order valence-corrected chi connectivity index (χ2v) is 29.3. The Kier molecular flexibility index (Phi) is 44.0. The van der Waals surface area contributed by atoms with Crippen molar-refractivity contribution in [2.24, 2.45) is 0 Å². The minimum absolute atomic E-state index is 0.135. The van der Waals surface area contributed by atoms with E-state index in [0.29, 0.717) is 12.8 Å². The van der Waals surface area contributed by atoms with Gasteiger partial charge in [-0.05, 0) is 19.3 Å². The summed E-state index contributed by atoms with van der Waals surface area (Å²) in [6.45, 7) is 0.317. The summed E-state index contributed by atoms with van der Waals surface area (Å²) in [7, 11) is 0. The van der Waals surface area contributed by atoms with Crippen molar-refractivity contribution < 1.29 is 153 Å². The Morgan fingerprint density at radius 2 is 0.925 bits per heavy atom. The number of aliphatic hydroxyl groups is 16. The van der Waals surface area contributed by atoms with Crippen LogP contribution in [0, 0.1) is 0 Å². The highest BCUT2D eigenvalue weighted by Crippen LogP contribution is 2.41. The lowest BCUT2D eigenvalue weighted by Gasteiger charge is -2.52. The first-order chi connectivity index (χ1) is 51.3. The van der Waals surface area contributed by atoms with Crippen molar-refractivity contribution in [2.45, 2.75) is 385 Å². The molecule has 34 heteroatoms. The van der Waals surface area contributed by atoms with Crippen LogP contribution in [0.15, 0.2) is 12.2 Å². The summed E-state index contributed by atoms with van der Waals surface area (Å²) in [5, 5.41) is 197. The molecular weight excluding hydrogens is 1410 g/mol. The predicted molar refractivity (Wildman–Crippen MR) is 378 cm³/mol. The Bertz CT molecular complexity index is 2500. The lowest BCUT2D eigenvalue weighted by Crippen LogP contribution is -2.72. The monoisotopic (exact) mass is 1550 g/mol. The molecule has 624 valence electrons. The van der Waals surface area contributed by atoms with Gasteiger partial charge in [0.05, 0.1) is 63.9 Å². The molecule has 0 bridgehead atoms. The molecule has 5 saturated heterocycles. The van der Waals surface area contributed by atoms with Crippen molar-refractivity contribution in [3.8, 4) is 0 Å². The van der Waals surface area contributed by atoms with Gasteiger partial charge < -0.3 is 150 Å². The topological polar surface area (TPSA) is 541 Å². The van der Waals surface area contributed by atoms with E-state index < -0.39 is 235 Å². The molecule has 0 radical (unpaired) electrons. The summed E-state index contributed by atoms with van der Waals surface area (Å²) in [6.07, 6.45) is -16.8. The largest absolute Gasteiger partial charge is 0.477 e. The average Bonchev–Trinajstić information content (AvgIpc) is 0.750. The molecule has 20 N–H and O–H groups in total. The van der Waals surface area contributed by atoms with Crippen LogP contribution in [-0.2, 0) is 66.5 Å². The van der Waals surface area contributed by atoms with E-state index in [9.17, 15) is 106 Å². The summed E-state index contributed by atoms with van der Waals surface area (Å²) in [6, 6.07) is -4.81. The number of carbonyl (C=O) groups excluding carboxylic acids is 3. The third kappa shape index (κ3) is 29.2. The fraction of sp³-hybridized carbons (Fsp3) is 0.918. The number of carboxylic acids is 1. The average molecular weight is 1550 g/mol. The van der Waals surface area contributed by atoms with Crippen molar-refractivity contribution in [1.29, 1.82) is 0 Å². The molecule has 0 aromatic heterocycles. The van der Waals surface area contributed by atoms with E-state index in [-0.39, 0.29) is 12.3 Å². The van der Waals surface area contributed by atoms with Gasteiger partial charge in [0.1, 0.15) is 116 Å². The molecule has 5 heterocycles. The van der Waals surface area contributed by atoms with Crippen LogP contribution in [0.5, 0.6) is 0 Å². The van der Waals surface area contributed by atoms with E-state index in [1.807, 2.05) is 6.08 Å². The van der Waals surface area contributed by atoms with Crippen LogP contribution in [0.3, 0.4) is 0 Å². The van der Waals surface area contributed by atoms with E-state index >= 15 is 0 Å². The van der Waals surface area contributed by atoms with Crippen LogP contribution in [0.1, 0.15) is 214 Å². The summed E-state index contributed by atoms with van der Waals surface area (Å²) >= 11 is 0. The minimum Gasteiger partial charge on any atom is -0.477 e. The van der Waals surface area contributed by atoms with Gasteiger partial charge in [-0.1, -0.05) is 180 Å². The van der Waals surface area contributed by atoms with Gasteiger partial charge in [-0.15, -0.1) is 0 Å². The highest BCUT2D eigenvalue weighted by atomic mass is 16.8. The normalized spacial score (nSPS) is 34.6. The molecule has 5 rings (SSSR count). The number of rotatable bonds is 52. The maximum Gasteiger partial charge on any atom is 0.364 e. The molecule has 0 spiro atoms. The van der Waals surface area contributed by atoms with E-state index in [1.165, 1.54) is 103 Å². The number of carboxylic acid groups (broad SMARTS) is 1. The number of hydrogen-bond acceptors (Lipinski definition) is 30. The van der Waals surface area contributed by atoms with Crippen LogP contribution in [0.25, 0.3) is 0 Å². The molecule has 10 unspecified atom stereocenters. The van der Waals surface area contributed by atoms with Gasteiger partial charge in [-0.3, -0.25) is 14.4 Å². The van der Waals surface area contributed by atoms with Gasteiger partial charge in [-0.25, -0.2) is 4.79 Å². The molecule has 107 heavy (non-hydrogen) atoms. The third-order valence-electron chi connectivity index (χ3n) is 20.6. The van der Waals surface area contributed by atoms with Gasteiger partial charge in [0.15, 0.2) is 25.2 Å². The SMILES string of the molecule is CCCCCCCCCCCCC/C=C/[C@@H](O)[C@H](CO[C@@H]1OC(CO)[C@@H](O[C@@H]2OC(CO)[C@H](O[C@H]3O[C@@H](CO)[C@H](O)C(O[C@@H]4O[C@@H](CO)[C@H](O)C(O)C4O)C3NC(C)=O)[C@H](O[C@]3(C(=O)O)C[C@@H](O)[C@@H](NC(C)=O)C([C@@H](O)[C@H](O)CO)O3)C2O)C(O)C1O)NC(=O)CCCCCCCCCCCCCCCCC. The molecule has 0 aromatic rings. The molecule has 5 fully saturated rings. The zero-order chi connectivity index (χ0) is 78.8. The van der Waals surface area contributed by atoms with Crippen molar-refractivity contribution in [1.82, 2.24) is 16.0 Å². The second kappa shape index (κ2) is 49.9. The molecule has 3 amide bonds. The first-order valence-electron chi connectivity index (χ1n) is 39.1. The van der Waals surface area contributed by atoms with Gasteiger partial charge in [0, 0.05) is 26.7 Å². The first-order valence-corrected chi connectivity index (χ1v) is 39.1. The van der Waals surface area contributed by atoms with Crippen molar-refractivity contribution in [3.63, 3.8) is 0 Å². The van der Waals surface area contributed by atoms with Crippen molar-refractivity contribution in [2.75, 3.05) is 39.6 Å². The maximum absolute atomic E-state index is 13.8. The molecule has 28 atom stereocenters. The smallest absolute Gasteiger partial charge is 0.364 e. The van der Waals surface area contributed by atoms with Crippen molar-refractivity contribution in [3.05, 3.63) is 12.2 Å². The highest BCUT2D eigenvalue weighted by Gasteiger charge is 2.62. The van der Waals surface area contributed by atoms with Crippen LogP contribution >= 0.6 is 0 Å². The fourth-order valence-electron chi connectivity index (χ4n) is 14.3. The summed E-state index contributed by atoms with van der Waals surface area (Å²) in [5.74, 6) is -7.71. The Labute approximate surface area is 627 Å². The summed E-state index contributed by atoms with van der Waals surface area (Å²) < 4.78 is 60.1. The second-order valence-electron chi connectivity index (χ2n) is 29.3. The van der Waals surface area contributed by atoms with E-state index in [4.69, 9.17) is 47.4 Å². The van der Waals surface area contributed by atoms with Crippen molar-refractivity contribution >= 4 is 23.7 Å². The standard InChI is InChI=1S/C73H131N3O31/c1-5-7-9-11-13-15-17-19-20-22-24-26-28-30-32-34-52(87)76-44(45(84)33-31-29-27-25-23-21-18-16-14-12-10-8-6-2)41-98-69-61(94)59(92)63(50(39-80)101-69)103-71-62(95)67(107-73(72(96)97)35-46(85)53(74-42(3)82)66(106-73)55(88)47(86)36-77)64(51(40-81)102-71)104-68-54(75-43(4)83)65(57(90)49(38-79)99-68)105-70-60(93)58(91)56(89)48(37-78)100-70/h31,33,44-51,53-71,77-81,84-86,88-95H,5-30,32,34-41H2,1-4H3,(H,74,82)(H,75,83)(H,76,87)(H,96,97)/b33-31+/t44-,45+,46+,47+,48-,49-,50?,51?,53+,54?,55-,56-,57-,58?,59?,60?,61?,62?,63+,64-,65?,66?,67+,68+,69+,70-,71-,73-/m0/s1. The van der Waals surface area contributed by atoms with E-state index in [1.54, 1.807) is 6.08 Å². The number of allylic oxidation sites excluding steroid dienone is 1. The zero-order valence-electron chi connectivity index (χ0n) is 62.8. The Balaban J connectivity index is 1.40. The molecule has 5 aliphatic rings. The Hall–Kier alpha value is -3.42. The van der Waals surface area contributed by atoms with Crippen LogP contribution in [-0.4, -0.2) is 321 Å². The molecule has 5 aliphatic heterocycles. The molecule has 0 saturated carbocycles. The number of carbonyl (C=O) groups is 4. The zero-order valence-corrected chi connectivity index (χ0v) is 62.8. The number of aliphatic hydroxyl groups excluding tert-OH is 16. The minimum atomic E-state index is -3.38. The number of amides is 3. The van der Waals surface area contributed by atoms with Gasteiger partial charge in [-0.2, -0.15) is 0 Å². The molecular formula is C73H131N3O31. The highest BCUT2D eigenvalue weighted by molar-refractivity contribution is 5.77. The number of aliphatic carboxylic acids is 1. The van der Waals surface area contributed by atoms with Crippen LogP contribution in [0.2, 0.25) is 0 Å². The third-order valence-corrected chi connectivity index (χ3v) is 20.6. The lowest BCUT2D eigenvalue weighted by atomic mass is 9.88. The van der Waals surface area contributed by atoms with Crippen LogP contribution in [0.4, 0.5) is 0 Å². The van der Waals surface area contributed by atoms with Gasteiger partial charge >= 0.3 is 5.97 Å². The van der Waals surface area contributed by atoms with Gasteiger partial charge in [0.25, 0.3) is 5.79 Å². The Morgan fingerprint density at radius 3 is 1.44 bits per heavy atom. The van der Waals surface area contributed by atoms with Gasteiger partial charge in [0.2, 0.25) is 17.7 Å². The number of nitrogens with one attached hydrogen (secondary N) is 3. The van der Waals surface area contributed by atoms with Crippen LogP contribution < -0.4 is 16.0 Å². The summed E-state index contributed by atoms with van der Waals surface area (Å²) in [4.78, 5) is 53.0. The first kappa shape index (κ1) is 94.2. The summed E-state index contributed by atoms with van der Waals surface area (Å²) in [5.41, 5.74) is 0. The Morgan fingerprint density at radius 1 is 0.486 bits per heavy atom.